The Morgan fingerprint density at radius 3 is 2.93 bits per heavy atom. The number of Topliss-reactive ketones (excluding diaryl/α,β-unsaturated/α-hetero) is 1. The smallest absolute Gasteiger partial charge is 0.165 e. The highest BCUT2D eigenvalue weighted by atomic mass is 79.9. The molecule has 1 rings (SSSR count). The maximum atomic E-state index is 11.7. The fourth-order valence-corrected chi connectivity index (χ4v) is 2.04. The maximum absolute atomic E-state index is 11.7. The van der Waals surface area contributed by atoms with Gasteiger partial charge in [0.1, 0.15) is 0 Å². The van der Waals surface area contributed by atoms with Crippen LogP contribution < -0.4 is 0 Å². The summed E-state index contributed by atoms with van der Waals surface area (Å²) in [6.45, 7) is 0. The number of hydrogen-bond donors (Lipinski definition) is 0. The van der Waals surface area contributed by atoms with E-state index < -0.39 is 0 Å². The van der Waals surface area contributed by atoms with Crippen LogP contribution in [0.4, 0.5) is 0 Å². The highest BCUT2D eigenvalue weighted by Crippen LogP contribution is 2.26. The van der Waals surface area contributed by atoms with E-state index in [0.717, 1.165) is 10.2 Å². The first-order chi connectivity index (χ1) is 6.66. The van der Waals surface area contributed by atoms with Crippen molar-refractivity contribution < 1.29 is 4.79 Å². The number of carbonyl (C=O) groups is 1. The molecule has 1 aromatic rings. The van der Waals surface area contributed by atoms with Gasteiger partial charge in [0.05, 0.1) is 5.02 Å². The molecule has 0 atom stereocenters. The van der Waals surface area contributed by atoms with Crippen LogP contribution in [-0.2, 0) is 0 Å². The van der Waals surface area contributed by atoms with Crippen molar-refractivity contribution in [3.8, 4) is 0 Å². The summed E-state index contributed by atoms with van der Waals surface area (Å²) in [5, 5.41) is 0.513. The molecular weight excluding hydrogens is 284 g/mol. The second-order valence-electron chi connectivity index (χ2n) is 2.77. The van der Waals surface area contributed by atoms with Crippen molar-refractivity contribution in [3.63, 3.8) is 0 Å². The number of rotatable bonds is 4. The highest BCUT2D eigenvalue weighted by molar-refractivity contribution is 9.10. The molecule has 0 heterocycles. The average Bonchev–Trinajstić information content (AvgIpc) is 2.18. The molecule has 0 spiro atoms. The zero-order valence-corrected chi connectivity index (χ0v) is 10.9. The average molecular weight is 294 g/mol. The van der Waals surface area contributed by atoms with Gasteiger partial charge in [-0.05, 0) is 34.3 Å². The summed E-state index contributed by atoms with van der Waals surface area (Å²) < 4.78 is 0.772. The second kappa shape index (κ2) is 5.79. The van der Waals surface area contributed by atoms with Gasteiger partial charge in [0.15, 0.2) is 5.78 Å². The van der Waals surface area contributed by atoms with E-state index in [1.165, 1.54) is 0 Å². The Balaban J connectivity index is 2.84. The Labute approximate surface area is 101 Å². The van der Waals surface area contributed by atoms with Gasteiger partial charge in [0.25, 0.3) is 0 Å². The quantitative estimate of drug-likeness (QED) is 0.779. The molecule has 1 aromatic carbocycles. The van der Waals surface area contributed by atoms with E-state index in [9.17, 15) is 4.79 Å². The summed E-state index contributed by atoms with van der Waals surface area (Å²) in [4.78, 5) is 11.7. The first-order valence-corrected chi connectivity index (χ1v) is 6.69. The van der Waals surface area contributed by atoms with Gasteiger partial charge in [-0.3, -0.25) is 4.79 Å². The second-order valence-corrected chi connectivity index (χ2v) is 4.99. The molecule has 0 aliphatic carbocycles. The van der Waals surface area contributed by atoms with Crippen molar-refractivity contribution in [3.05, 3.63) is 33.3 Å². The van der Waals surface area contributed by atoms with Crippen LogP contribution in [-0.4, -0.2) is 17.8 Å². The Bertz CT molecular complexity index is 341. The van der Waals surface area contributed by atoms with Crippen molar-refractivity contribution in [2.24, 2.45) is 0 Å². The van der Waals surface area contributed by atoms with Gasteiger partial charge in [-0.25, -0.2) is 0 Å². The molecule has 0 saturated carbocycles. The van der Waals surface area contributed by atoms with Crippen molar-refractivity contribution in [1.82, 2.24) is 0 Å². The van der Waals surface area contributed by atoms with Crippen LogP contribution in [0, 0.1) is 0 Å². The third-order valence-corrected chi connectivity index (χ3v) is 3.69. The molecule has 0 amide bonds. The van der Waals surface area contributed by atoms with E-state index >= 15 is 0 Å². The minimum Gasteiger partial charge on any atom is -0.294 e. The van der Waals surface area contributed by atoms with Crippen molar-refractivity contribution in [2.45, 2.75) is 6.42 Å². The van der Waals surface area contributed by atoms with E-state index in [1.54, 1.807) is 17.8 Å². The molecule has 0 unspecified atom stereocenters. The summed E-state index contributed by atoms with van der Waals surface area (Å²) in [7, 11) is 0. The summed E-state index contributed by atoms with van der Waals surface area (Å²) >= 11 is 10.9. The lowest BCUT2D eigenvalue weighted by atomic mass is 10.1. The van der Waals surface area contributed by atoms with Crippen molar-refractivity contribution >= 4 is 45.1 Å². The zero-order chi connectivity index (χ0) is 10.6. The Kier molecular flexibility index (Phi) is 4.99. The number of carbonyl (C=O) groups excluding carboxylic acids is 1. The fraction of sp³-hybridized carbons (Fsp3) is 0.300. The third-order valence-electron chi connectivity index (χ3n) is 1.79. The lowest BCUT2D eigenvalue weighted by Gasteiger charge is -2.03. The standard InChI is InChI=1S/C10H10BrClOS/c1-14-6-5-9(13)7-3-2-4-8(11)10(7)12/h2-4H,5-6H2,1H3. The minimum absolute atomic E-state index is 0.102. The normalized spacial score (nSPS) is 10.2. The van der Waals surface area contributed by atoms with Crippen LogP contribution in [0.2, 0.25) is 5.02 Å². The Hall–Kier alpha value is 0.01000. The SMILES string of the molecule is CSCCC(=O)c1cccc(Br)c1Cl. The van der Waals surface area contributed by atoms with Crippen LogP contribution in [0.25, 0.3) is 0 Å². The molecule has 76 valence electrons. The molecule has 0 bridgehead atoms. The van der Waals surface area contributed by atoms with Crippen molar-refractivity contribution in [1.29, 1.82) is 0 Å². The number of ketones is 1. The number of halogens is 2. The number of benzene rings is 1. The predicted molar refractivity (Wildman–Crippen MR) is 66.5 cm³/mol. The number of hydrogen-bond acceptors (Lipinski definition) is 2. The van der Waals surface area contributed by atoms with Gasteiger partial charge in [-0.15, -0.1) is 0 Å². The van der Waals surface area contributed by atoms with Gasteiger partial charge in [-0.1, -0.05) is 17.7 Å². The van der Waals surface area contributed by atoms with Crippen LogP contribution in [0.3, 0.4) is 0 Å². The molecule has 0 aliphatic heterocycles. The van der Waals surface area contributed by atoms with E-state index in [0.29, 0.717) is 17.0 Å². The number of thioether (sulfide) groups is 1. The Morgan fingerprint density at radius 2 is 2.29 bits per heavy atom. The molecule has 0 aromatic heterocycles. The van der Waals surface area contributed by atoms with Crippen molar-refractivity contribution in [2.75, 3.05) is 12.0 Å². The van der Waals surface area contributed by atoms with Gasteiger partial charge in [0.2, 0.25) is 0 Å². The van der Waals surface area contributed by atoms with Crippen LogP contribution in [0.15, 0.2) is 22.7 Å². The summed E-state index contributed by atoms with van der Waals surface area (Å²) in [6.07, 6.45) is 2.52. The molecule has 14 heavy (non-hydrogen) atoms. The van der Waals surface area contributed by atoms with Crippen LogP contribution >= 0.6 is 39.3 Å². The fourth-order valence-electron chi connectivity index (χ4n) is 1.05. The van der Waals surface area contributed by atoms with Gasteiger partial charge in [-0.2, -0.15) is 11.8 Å². The topological polar surface area (TPSA) is 17.1 Å². The zero-order valence-electron chi connectivity index (χ0n) is 7.72. The summed E-state index contributed by atoms with van der Waals surface area (Å²) in [6, 6.07) is 5.41. The summed E-state index contributed by atoms with van der Waals surface area (Å²) in [5.41, 5.74) is 0.607. The van der Waals surface area contributed by atoms with E-state index in [4.69, 9.17) is 11.6 Å². The molecule has 4 heteroatoms. The molecule has 0 aliphatic rings. The molecule has 1 nitrogen and oxygen atoms in total. The van der Waals surface area contributed by atoms with Crippen LogP contribution in [0.1, 0.15) is 16.8 Å². The largest absolute Gasteiger partial charge is 0.294 e. The first-order valence-electron chi connectivity index (χ1n) is 4.13. The molecule has 0 saturated heterocycles. The first kappa shape index (κ1) is 12.1. The van der Waals surface area contributed by atoms with Crippen LogP contribution in [0.5, 0.6) is 0 Å². The maximum Gasteiger partial charge on any atom is 0.165 e. The molecule has 0 N–H and O–H groups in total. The lowest BCUT2D eigenvalue weighted by Crippen LogP contribution is -2.01. The summed E-state index contributed by atoms with van der Waals surface area (Å²) in [5.74, 6) is 0.937. The van der Waals surface area contributed by atoms with Gasteiger partial charge in [0, 0.05) is 22.2 Å². The third kappa shape index (κ3) is 3.01. The molecule has 0 radical (unpaired) electrons. The monoisotopic (exact) mass is 292 g/mol. The molecule has 0 fully saturated rings. The molecular formula is C10H10BrClOS. The van der Waals surface area contributed by atoms with E-state index in [1.807, 2.05) is 18.4 Å². The van der Waals surface area contributed by atoms with Gasteiger partial charge < -0.3 is 0 Å². The van der Waals surface area contributed by atoms with E-state index in [2.05, 4.69) is 15.9 Å². The van der Waals surface area contributed by atoms with E-state index in [-0.39, 0.29) is 5.78 Å². The predicted octanol–water partition coefficient (Wildman–Crippen LogP) is 4.04. The minimum atomic E-state index is 0.102. The lowest BCUT2D eigenvalue weighted by molar-refractivity contribution is 0.0989. The Morgan fingerprint density at radius 1 is 1.57 bits per heavy atom. The highest BCUT2D eigenvalue weighted by Gasteiger charge is 2.11. The van der Waals surface area contributed by atoms with Gasteiger partial charge >= 0.3 is 0 Å².